The zero-order valence-electron chi connectivity index (χ0n) is 14.3. The second-order valence-electron chi connectivity index (χ2n) is 6.07. The summed E-state index contributed by atoms with van der Waals surface area (Å²) in [7, 11) is -2.00. The average molecular weight is 382 g/mol. The van der Waals surface area contributed by atoms with Gasteiger partial charge >= 0.3 is 0 Å². The summed E-state index contributed by atoms with van der Waals surface area (Å²) in [6.07, 6.45) is 3.81. The maximum Gasteiger partial charge on any atom is 0.240 e. The molecule has 1 aliphatic heterocycles. The first-order valence-corrected chi connectivity index (χ1v) is 10.7. The van der Waals surface area contributed by atoms with Gasteiger partial charge in [-0.05, 0) is 50.2 Å². The molecule has 1 saturated heterocycles. The summed E-state index contributed by atoms with van der Waals surface area (Å²) in [5.41, 5.74) is 1.02. The molecular weight excluding hydrogens is 358 g/mol. The summed E-state index contributed by atoms with van der Waals surface area (Å²) < 4.78 is 32.4. The number of piperidine rings is 1. The smallest absolute Gasteiger partial charge is 0.240 e. The second kappa shape index (κ2) is 8.27. The lowest BCUT2D eigenvalue weighted by molar-refractivity contribution is 0.219. The number of ether oxygens (including phenoxy) is 1. The van der Waals surface area contributed by atoms with E-state index in [-0.39, 0.29) is 11.4 Å². The van der Waals surface area contributed by atoms with Gasteiger partial charge in [0, 0.05) is 11.9 Å². The van der Waals surface area contributed by atoms with Crippen LogP contribution >= 0.6 is 11.3 Å². The molecule has 136 valence electrons. The number of likely N-dealkylation sites (tertiary alicyclic amines) is 1. The fraction of sp³-hybridized carbons (Fsp3) is 0.471. The molecule has 1 aromatic heterocycles. The highest BCUT2D eigenvalue weighted by Crippen LogP contribution is 2.18. The minimum absolute atomic E-state index is 0.207. The van der Waals surface area contributed by atoms with E-state index < -0.39 is 10.0 Å². The predicted octanol–water partition coefficient (Wildman–Crippen LogP) is 2.62. The van der Waals surface area contributed by atoms with Gasteiger partial charge in [0.05, 0.1) is 24.2 Å². The van der Waals surface area contributed by atoms with Gasteiger partial charge in [-0.3, -0.25) is 4.90 Å². The number of sulfonamides is 1. The molecule has 8 heteroatoms. The molecule has 2 heterocycles. The van der Waals surface area contributed by atoms with Crippen LogP contribution in [0.1, 0.15) is 30.0 Å². The number of thiazole rings is 1. The summed E-state index contributed by atoms with van der Waals surface area (Å²) in [6, 6.07) is 6.33. The molecule has 3 rings (SSSR count). The first kappa shape index (κ1) is 18.3. The van der Waals surface area contributed by atoms with Gasteiger partial charge in [-0.1, -0.05) is 6.42 Å². The fourth-order valence-electron chi connectivity index (χ4n) is 2.84. The van der Waals surface area contributed by atoms with Gasteiger partial charge in [0.1, 0.15) is 10.8 Å². The van der Waals surface area contributed by atoms with E-state index in [4.69, 9.17) is 4.74 Å². The molecule has 1 fully saturated rings. The molecular formula is C17H23N3O3S2. The summed E-state index contributed by atoms with van der Waals surface area (Å²) in [5, 5.41) is 2.80. The lowest BCUT2D eigenvalue weighted by atomic mass is 10.1. The molecule has 1 aliphatic rings. The molecule has 0 amide bonds. The molecule has 0 unspecified atom stereocenters. The van der Waals surface area contributed by atoms with Crippen molar-refractivity contribution >= 4 is 21.4 Å². The Bertz CT molecular complexity index is 782. The van der Waals surface area contributed by atoms with Crippen molar-refractivity contribution in [2.24, 2.45) is 0 Å². The van der Waals surface area contributed by atoms with Crippen molar-refractivity contribution in [1.82, 2.24) is 14.6 Å². The Morgan fingerprint density at radius 1 is 1.20 bits per heavy atom. The van der Waals surface area contributed by atoms with E-state index >= 15 is 0 Å². The number of methoxy groups -OCH3 is 1. The third kappa shape index (κ3) is 5.01. The zero-order chi connectivity index (χ0) is 17.7. The van der Waals surface area contributed by atoms with Gasteiger partial charge < -0.3 is 4.74 Å². The molecule has 0 spiro atoms. The van der Waals surface area contributed by atoms with E-state index in [0.717, 1.165) is 30.3 Å². The largest absolute Gasteiger partial charge is 0.497 e. The average Bonchev–Trinajstić information content (AvgIpc) is 3.08. The van der Waals surface area contributed by atoms with Crippen LogP contribution in [0.2, 0.25) is 0 Å². The lowest BCUT2D eigenvalue weighted by Crippen LogP contribution is -2.29. The highest BCUT2D eigenvalue weighted by Gasteiger charge is 2.16. The Balaban J connectivity index is 1.57. The Morgan fingerprint density at radius 3 is 2.60 bits per heavy atom. The van der Waals surface area contributed by atoms with Crippen molar-refractivity contribution in [3.05, 3.63) is 40.3 Å². The maximum atomic E-state index is 12.3. The number of aromatic nitrogens is 1. The normalized spacial score (nSPS) is 16.0. The van der Waals surface area contributed by atoms with E-state index in [1.807, 2.05) is 5.38 Å². The van der Waals surface area contributed by atoms with Gasteiger partial charge in [-0.2, -0.15) is 0 Å². The number of hydrogen-bond acceptors (Lipinski definition) is 6. The SMILES string of the molecule is COc1ccc(S(=O)(=O)NCc2nc(CN3CCCCC3)cs2)cc1. The van der Waals surface area contributed by atoms with Crippen LogP contribution in [0.15, 0.2) is 34.5 Å². The van der Waals surface area contributed by atoms with Crippen LogP contribution in [0.3, 0.4) is 0 Å². The topological polar surface area (TPSA) is 71.5 Å². The van der Waals surface area contributed by atoms with Crippen LogP contribution in [-0.2, 0) is 23.1 Å². The van der Waals surface area contributed by atoms with Gasteiger partial charge in [-0.15, -0.1) is 11.3 Å². The van der Waals surface area contributed by atoms with Crippen LogP contribution in [-0.4, -0.2) is 38.5 Å². The highest BCUT2D eigenvalue weighted by molar-refractivity contribution is 7.89. The number of rotatable bonds is 7. The van der Waals surface area contributed by atoms with E-state index in [1.54, 1.807) is 19.2 Å². The predicted molar refractivity (Wildman–Crippen MR) is 98.3 cm³/mol. The maximum absolute atomic E-state index is 12.3. The monoisotopic (exact) mass is 381 g/mol. The van der Waals surface area contributed by atoms with Crippen LogP contribution < -0.4 is 9.46 Å². The van der Waals surface area contributed by atoms with Gasteiger partial charge in [-0.25, -0.2) is 18.1 Å². The van der Waals surface area contributed by atoms with Crippen LogP contribution in [0.5, 0.6) is 5.75 Å². The van der Waals surface area contributed by atoms with Crippen LogP contribution in [0.25, 0.3) is 0 Å². The summed E-state index contributed by atoms with van der Waals surface area (Å²) in [6.45, 7) is 3.30. The Hall–Kier alpha value is -1.48. The first-order chi connectivity index (χ1) is 12.1. The molecule has 0 atom stereocenters. The number of nitrogens with zero attached hydrogens (tertiary/aromatic N) is 2. The molecule has 0 radical (unpaired) electrons. The molecule has 0 aliphatic carbocycles. The minimum Gasteiger partial charge on any atom is -0.497 e. The van der Waals surface area contributed by atoms with Gasteiger partial charge in [0.25, 0.3) is 0 Å². The van der Waals surface area contributed by atoms with E-state index in [1.165, 1.54) is 42.7 Å². The fourth-order valence-corrected chi connectivity index (χ4v) is 4.65. The third-order valence-electron chi connectivity index (χ3n) is 4.22. The lowest BCUT2D eigenvalue weighted by Gasteiger charge is -2.25. The van der Waals surface area contributed by atoms with Crippen molar-refractivity contribution in [2.45, 2.75) is 37.2 Å². The molecule has 6 nitrogen and oxygen atoms in total. The first-order valence-electron chi connectivity index (χ1n) is 8.36. The summed E-state index contributed by atoms with van der Waals surface area (Å²) >= 11 is 1.50. The molecule has 0 saturated carbocycles. The molecule has 1 aromatic carbocycles. The van der Waals surface area contributed by atoms with E-state index in [9.17, 15) is 8.42 Å². The van der Waals surface area contributed by atoms with Crippen LogP contribution in [0, 0.1) is 0 Å². The molecule has 0 bridgehead atoms. The Kier molecular flexibility index (Phi) is 6.06. The second-order valence-corrected chi connectivity index (χ2v) is 8.78. The minimum atomic E-state index is -3.55. The number of hydrogen-bond donors (Lipinski definition) is 1. The Labute approximate surface area is 152 Å². The summed E-state index contributed by atoms with van der Waals surface area (Å²) in [5.74, 6) is 0.626. The van der Waals surface area contributed by atoms with Crippen molar-refractivity contribution in [3.8, 4) is 5.75 Å². The summed E-state index contributed by atoms with van der Waals surface area (Å²) in [4.78, 5) is 7.19. The highest BCUT2D eigenvalue weighted by atomic mass is 32.2. The van der Waals surface area contributed by atoms with Crippen molar-refractivity contribution in [3.63, 3.8) is 0 Å². The van der Waals surface area contributed by atoms with Crippen molar-refractivity contribution in [1.29, 1.82) is 0 Å². The third-order valence-corrected chi connectivity index (χ3v) is 6.53. The zero-order valence-corrected chi connectivity index (χ0v) is 15.9. The number of benzene rings is 1. The number of nitrogens with one attached hydrogen (secondary N) is 1. The van der Waals surface area contributed by atoms with Crippen molar-refractivity contribution < 1.29 is 13.2 Å². The molecule has 2 aromatic rings. The molecule has 1 N–H and O–H groups in total. The standard InChI is InChI=1S/C17H23N3O3S2/c1-23-15-5-7-16(8-6-15)25(21,22)18-11-17-19-14(13-24-17)12-20-9-3-2-4-10-20/h5-8,13,18H,2-4,9-12H2,1H3. The van der Waals surface area contributed by atoms with Gasteiger partial charge in [0.15, 0.2) is 0 Å². The van der Waals surface area contributed by atoms with Crippen molar-refractivity contribution in [2.75, 3.05) is 20.2 Å². The van der Waals surface area contributed by atoms with Gasteiger partial charge in [0.2, 0.25) is 10.0 Å². The quantitative estimate of drug-likeness (QED) is 0.798. The van der Waals surface area contributed by atoms with E-state index in [2.05, 4.69) is 14.6 Å². The van der Waals surface area contributed by atoms with E-state index in [0.29, 0.717) is 5.75 Å². The Morgan fingerprint density at radius 2 is 1.92 bits per heavy atom. The van der Waals surface area contributed by atoms with Crippen LogP contribution in [0.4, 0.5) is 0 Å². The molecule has 25 heavy (non-hydrogen) atoms.